The van der Waals surface area contributed by atoms with Crippen LogP contribution in [0.2, 0.25) is 0 Å². The molecule has 1 aromatic carbocycles. The van der Waals surface area contributed by atoms with Crippen LogP contribution in [0.3, 0.4) is 0 Å². The molecule has 1 rings (SSSR count). The van der Waals surface area contributed by atoms with Crippen LogP contribution in [0, 0.1) is 0 Å². The van der Waals surface area contributed by atoms with E-state index in [1.54, 1.807) is 21.3 Å². The van der Waals surface area contributed by atoms with Gasteiger partial charge in [0.15, 0.2) is 11.5 Å². The monoisotopic (exact) mass is 253 g/mol. The van der Waals surface area contributed by atoms with E-state index in [1.807, 2.05) is 12.1 Å². The molecule has 4 nitrogen and oxygen atoms in total. The Morgan fingerprint density at radius 3 is 1.94 bits per heavy atom. The standard InChI is InChI=1S/C14H23NO3/c1-6-11(15-7-2)10-8-13(17-4)14(18-5)9-12(10)16-3/h8-9,11,15H,6-7H2,1-5H3. The molecule has 1 N–H and O–H groups in total. The third-order valence-corrected chi connectivity index (χ3v) is 2.97. The summed E-state index contributed by atoms with van der Waals surface area (Å²) in [6.45, 7) is 5.15. The summed E-state index contributed by atoms with van der Waals surface area (Å²) in [7, 11) is 4.93. The molecule has 0 bridgehead atoms. The van der Waals surface area contributed by atoms with Gasteiger partial charge >= 0.3 is 0 Å². The Labute approximate surface area is 109 Å². The summed E-state index contributed by atoms with van der Waals surface area (Å²) in [6, 6.07) is 4.10. The predicted molar refractivity (Wildman–Crippen MR) is 72.8 cm³/mol. The van der Waals surface area contributed by atoms with Gasteiger partial charge in [0.2, 0.25) is 0 Å². The van der Waals surface area contributed by atoms with E-state index in [1.165, 1.54) is 0 Å². The van der Waals surface area contributed by atoms with Crippen molar-refractivity contribution in [2.24, 2.45) is 0 Å². The van der Waals surface area contributed by atoms with E-state index in [0.717, 1.165) is 30.0 Å². The van der Waals surface area contributed by atoms with Gasteiger partial charge in [0, 0.05) is 17.7 Å². The van der Waals surface area contributed by atoms with Crippen LogP contribution in [0.5, 0.6) is 17.2 Å². The normalized spacial score (nSPS) is 12.1. The molecule has 0 fully saturated rings. The number of benzene rings is 1. The van der Waals surface area contributed by atoms with Gasteiger partial charge in [-0.15, -0.1) is 0 Å². The molecule has 4 heteroatoms. The Balaban J connectivity index is 3.23. The van der Waals surface area contributed by atoms with Gasteiger partial charge in [-0.1, -0.05) is 13.8 Å². The summed E-state index contributed by atoms with van der Waals surface area (Å²) < 4.78 is 16.1. The zero-order chi connectivity index (χ0) is 13.5. The van der Waals surface area contributed by atoms with Gasteiger partial charge in [0.25, 0.3) is 0 Å². The lowest BCUT2D eigenvalue weighted by Gasteiger charge is -2.21. The topological polar surface area (TPSA) is 39.7 Å². The maximum Gasteiger partial charge on any atom is 0.164 e. The third kappa shape index (κ3) is 3.07. The Hall–Kier alpha value is -1.42. The summed E-state index contributed by atoms with van der Waals surface area (Å²) >= 11 is 0. The molecule has 102 valence electrons. The highest BCUT2D eigenvalue weighted by Crippen LogP contribution is 2.38. The minimum atomic E-state index is 0.254. The van der Waals surface area contributed by atoms with Crippen LogP contribution in [0.25, 0.3) is 0 Å². The highest BCUT2D eigenvalue weighted by atomic mass is 16.5. The van der Waals surface area contributed by atoms with Crippen LogP contribution in [0.1, 0.15) is 31.9 Å². The molecule has 0 aromatic heterocycles. The first kappa shape index (κ1) is 14.6. The van der Waals surface area contributed by atoms with Gasteiger partial charge in [-0.3, -0.25) is 0 Å². The average Bonchev–Trinajstić information content (AvgIpc) is 2.43. The molecule has 1 atom stereocenters. The summed E-state index contributed by atoms with van der Waals surface area (Å²) in [5.41, 5.74) is 1.10. The molecule has 18 heavy (non-hydrogen) atoms. The molecule has 1 unspecified atom stereocenters. The molecule has 0 amide bonds. The van der Waals surface area contributed by atoms with Gasteiger partial charge in [0.05, 0.1) is 21.3 Å². The highest BCUT2D eigenvalue weighted by molar-refractivity contribution is 5.51. The van der Waals surface area contributed by atoms with E-state index in [-0.39, 0.29) is 6.04 Å². The lowest BCUT2D eigenvalue weighted by molar-refractivity contribution is 0.344. The Morgan fingerprint density at radius 2 is 1.50 bits per heavy atom. The second kappa shape index (κ2) is 7.11. The van der Waals surface area contributed by atoms with Crippen molar-refractivity contribution in [3.05, 3.63) is 17.7 Å². The maximum absolute atomic E-state index is 5.44. The van der Waals surface area contributed by atoms with Gasteiger partial charge in [-0.05, 0) is 19.0 Å². The zero-order valence-corrected chi connectivity index (χ0v) is 11.9. The van der Waals surface area contributed by atoms with Crippen molar-refractivity contribution >= 4 is 0 Å². The molecule has 0 aliphatic heterocycles. The van der Waals surface area contributed by atoms with Crippen molar-refractivity contribution in [2.75, 3.05) is 27.9 Å². The Morgan fingerprint density at radius 1 is 0.944 bits per heavy atom. The van der Waals surface area contributed by atoms with Gasteiger partial charge in [-0.2, -0.15) is 0 Å². The van der Waals surface area contributed by atoms with Crippen molar-refractivity contribution in [2.45, 2.75) is 26.3 Å². The fourth-order valence-electron chi connectivity index (χ4n) is 2.05. The number of hydrogen-bond donors (Lipinski definition) is 1. The van der Waals surface area contributed by atoms with Crippen molar-refractivity contribution in [1.82, 2.24) is 5.32 Å². The lowest BCUT2D eigenvalue weighted by Crippen LogP contribution is -2.20. The fraction of sp³-hybridized carbons (Fsp3) is 0.571. The van der Waals surface area contributed by atoms with Gasteiger partial charge < -0.3 is 19.5 Å². The SMILES string of the molecule is CCNC(CC)c1cc(OC)c(OC)cc1OC. The van der Waals surface area contributed by atoms with Crippen LogP contribution >= 0.6 is 0 Å². The lowest BCUT2D eigenvalue weighted by atomic mass is 10.0. The summed E-state index contributed by atoms with van der Waals surface area (Å²) in [5, 5.41) is 3.44. The average molecular weight is 253 g/mol. The van der Waals surface area contributed by atoms with Crippen LogP contribution in [0.15, 0.2) is 12.1 Å². The van der Waals surface area contributed by atoms with E-state index in [0.29, 0.717) is 5.75 Å². The van der Waals surface area contributed by atoms with Crippen LogP contribution in [-0.2, 0) is 0 Å². The van der Waals surface area contributed by atoms with E-state index in [2.05, 4.69) is 19.2 Å². The Kier molecular flexibility index (Phi) is 5.78. The minimum absolute atomic E-state index is 0.254. The molecular weight excluding hydrogens is 230 g/mol. The van der Waals surface area contributed by atoms with Crippen LogP contribution in [0.4, 0.5) is 0 Å². The number of methoxy groups -OCH3 is 3. The molecule has 0 radical (unpaired) electrons. The minimum Gasteiger partial charge on any atom is -0.496 e. The first-order chi connectivity index (χ1) is 8.71. The van der Waals surface area contributed by atoms with Crippen molar-refractivity contribution in [1.29, 1.82) is 0 Å². The second-order valence-corrected chi connectivity index (χ2v) is 3.97. The zero-order valence-electron chi connectivity index (χ0n) is 11.9. The second-order valence-electron chi connectivity index (χ2n) is 3.97. The van der Waals surface area contributed by atoms with Gasteiger partial charge in [0.1, 0.15) is 5.75 Å². The first-order valence-corrected chi connectivity index (χ1v) is 6.25. The highest BCUT2D eigenvalue weighted by Gasteiger charge is 2.17. The first-order valence-electron chi connectivity index (χ1n) is 6.25. The van der Waals surface area contributed by atoms with E-state index in [9.17, 15) is 0 Å². The fourth-order valence-corrected chi connectivity index (χ4v) is 2.05. The van der Waals surface area contributed by atoms with E-state index >= 15 is 0 Å². The summed E-state index contributed by atoms with van der Waals surface area (Å²) in [5.74, 6) is 2.23. The largest absolute Gasteiger partial charge is 0.496 e. The van der Waals surface area contributed by atoms with E-state index in [4.69, 9.17) is 14.2 Å². The summed E-state index contributed by atoms with van der Waals surface area (Å²) in [6.07, 6.45) is 0.986. The number of rotatable bonds is 7. The number of ether oxygens (including phenoxy) is 3. The number of nitrogens with one attached hydrogen (secondary N) is 1. The molecule has 0 aliphatic carbocycles. The molecule has 1 aromatic rings. The quantitative estimate of drug-likeness (QED) is 0.811. The van der Waals surface area contributed by atoms with Crippen molar-refractivity contribution < 1.29 is 14.2 Å². The molecule has 0 saturated carbocycles. The maximum atomic E-state index is 5.44. The molecular formula is C14H23NO3. The predicted octanol–water partition coefficient (Wildman–Crippen LogP) is 2.77. The molecule has 0 spiro atoms. The molecule has 0 aliphatic rings. The Bertz CT molecular complexity index is 380. The number of hydrogen-bond acceptors (Lipinski definition) is 4. The summed E-state index contributed by atoms with van der Waals surface area (Å²) in [4.78, 5) is 0. The van der Waals surface area contributed by atoms with Crippen molar-refractivity contribution in [3.63, 3.8) is 0 Å². The molecule has 0 saturated heterocycles. The van der Waals surface area contributed by atoms with Gasteiger partial charge in [-0.25, -0.2) is 0 Å². The van der Waals surface area contributed by atoms with Crippen LogP contribution in [-0.4, -0.2) is 27.9 Å². The van der Waals surface area contributed by atoms with Crippen LogP contribution < -0.4 is 19.5 Å². The van der Waals surface area contributed by atoms with Crippen molar-refractivity contribution in [3.8, 4) is 17.2 Å². The molecule has 0 heterocycles. The van der Waals surface area contributed by atoms with E-state index < -0.39 is 0 Å². The smallest absolute Gasteiger partial charge is 0.164 e. The third-order valence-electron chi connectivity index (χ3n) is 2.97.